The quantitative estimate of drug-likeness (QED) is 0.552. The van der Waals surface area contributed by atoms with E-state index < -0.39 is 12.0 Å². The second-order valence-electron chi connectivity index (χ2n) is 5.94. The molecule has 0 radical (unpaired) electrons. The Bertz CT molecular complexity index is 714. The van der Waals surface area contributed by atoms with Crippen molar-refractivity contribution in [3.63, 3.8) is 0 Å². The number of likely N-dealkylation sites (tertiary alicyclic amines) is 1. The first-order chi connectivity index (χ1) is 11.8. The van der Waals surface area contributed by atoms with Crippen molar-refractivity contribution in [3.05, 3.63) is 44.8 Å². The summed E-state index contributed by atoms with van der Waals surface area (Å²) in [6.07, 6.45) is 1.39. The number of carboxylic acids is 1. The van der Waals surface area contributed by atoms with E-state index in [-0.39, 0.29) is 10.9 Å². The smallest absolute Gasteiger partial charge is 0.320 e. The highest BCUT2D eigenvalue weighted by atomic mass is 79.9. The van der Waals surface area contributed by atoms with Crippen molar-refractivity contribution in [1.29, 1.82) is 0 Å². The number of Topliss-reactive ketones (excluding diaryl/α,β-unsaturated/α-hetero) is 1. The molecule has 0 amide bonds. The third-order valence-electron chi connectivity index (χ3n) is 4.13. The molecule has 25 heavy (non-hydrogen) atoms. The third-order valence-corrected chi connectivity index (χ3v) is 5.63. The number of hydrogen-bond donors (Lipinski definition) is 1. The zero-order valence-electron chi connectivity index (χ0n) is 14.1. The van der Waals surface area contributed by atoms with Crippen molar-refractivity contribution in [1.82, 2.24) is 4.90 Å². The van der Waals surface area contributed by atoms with Gasteiger partial charge in [-0.15, -0.1) is 0 Å². The van der Waals surface area contributed by atoms with Gasteiger partial charge >= 0.3 is 5.97 Å². The number of aliphatic carboxylic acids is 1. The van der Waals surface area contributed by atoms with E-state index in [0.717, 1.165) is 22.7 Å². The average Bonchev–Trinajstić information content (AvgIpc) is 3.01. The van der Waals surface area contributed by atoms with Crippen LogP contribution >= 0.6 is 27.7 Å². The molecule has 1 aromatic carbocycles. The van der Waals surface area contributed by atoms with Crippen LogP contribution in [0.25, 0.3) is 0 Å². The molecule has 1 atom stereocenters. The Labute approximate surface area is 159 Å². The van der Waals surface area contributed by atoms with Gasteiger partial charge in [-0.1, -0.05) is 27.7 Å². The van der Waals surface area contributed by atoms with Crippen LogP contribution < -0.4 is 0 Å². The van der Waals surface area contributed by atoms with Gasteiger partial charge in [0.25, 0.3) is 0 Å². The van der Waals surface area contributed by atoms with Crippen molar-refractivity contribution >= 4 is 44.6 Å². The molecule has 0 spiro atoms. The van der Waals surface area contributed by atoms with Crippen LogP contribution in [0.5, 0.6) is 0 Å². The molecule has 1 saturated heterocycles. The number of hydrogen-bond acceptors (Lipinski definition) is 5. The van der Waals surface area contributed by atoms with Crippen LogP contribution in [0.4, 0.5) is 0 Å². The zero-order valence-corrected chi connectivity index (χ0v) is 16.5. The minimum Gasteiger partial charge on any atom is -0.480 e. The van der Waals surface area contributed by atoms with E-state index in [1.165, 1.54) is 6.92 Å². The standard InChI is InChI=1S/C18H20BrNO4S/c1-11(17(22)13-5-7-14(19)8-6-13)16(25-12(2)21)10-20-9-3-4-15(20)18(23)24/h5-8,15H,3-4,9-10H2,1-2H3,(H,23,24)/b16-11+/t15-/m0/s1. The number of ketones is 1. The van der Waals surface area contributed by atoms with Gasteiger partial charge in [0, 0.05) is 34.0 Å². The highest BCUT2D eigenvalue weighted by Crippen LogP contribution is 2.28. The summed E-state index contributed by atoms with van der Waals surface area (Å²) in [6.45, 7) is 4.09. The van der Waals surface area contributed by atoms with E-state index >= 15 is 0 Å². The van der Waals surface area contributed by atoms with E-state index in [4.69, 9.17) is 0 Å². The molecule has 2 rings (SSSR count). The molecule has 1 aliphatic rings. The lowest BCUT2D eigenvalue weighted by Gasteiger charge is -2.23. The van der Waals surface area contributed by atoms with Crippen LogP contribution in [0.15, 0.2) is 39.2 Å². The first kappa shape index (κ1) is 19.9. The van der Waals surface area contributed by atoms with Crippen LogP contribution in [-0.4, -0.2) is 46.0 Å². The summed E-state index contributed by atoms with van der Waals surface area (Å²) >= 11 is 4.35. The molecular formula is C18H20BrNO4S. The molecular weight excluding hydrogens is 406 g/mol. The monoisotopic (exact) mass is 425 g/mol. The van der Waals surface area contributed by atoms with Crippen LogP contribution in [0, 0.1) is 0 Å². The van der Waals surface area contributed by atoms with Crippen molar-refractivity contribution in [2.45, 2.75) is 32.7 Å². The first-order valence-corrected chi connectivity index (χ1v) is 9.56. The van der Waals surface area contributed by atoms with Crippen LogP contribution in [0.3, 0.4) is 0 Å². The van der Waals surface area contributed by atoms with E-state index in [1.807, 2.05) is 4.90 Å². The largest absolute Gasteiger partial charge is 0.480 e. The van der Waals surface area contributed by atoms with E-state index in [1.54, 1.807) is 31.2 Å². The van der Waals surface area contributed by atoms with Crippen LogP contribution in [0.2, 0.25) is 0 Å². The number of benzene rings is 1. The number of carbonyl (C=O) groups is 3. The second kappa shape index (κ2) is 8.78. The summed E-state index contributed by atoms with van der Waals surface area (Å²) in [6, 6.07) is 6.47. The van der Waals surface area contributed by atoms with Gasteiger partial charge in [-0.3, -0.25) is 19.3 Å². The number of halogens is 1. The van der Waals surface area contributed by atoms with Crippen LogP contribution in [0.1, 0.15) is 37.0 Å². The maximum atomic E-state index is 12.7. The maximum absolute atomic E-state index is 12.7. The predicted octanol–water partition coefficient (Wildman–Crippen LogP) is 3.73. The molecule has 0 saturated carbocycles. The number of thioether (sulfide) groups is 1. The molecule has 0 aromatic heterocycles. The molecule has 134 valence electrons. The fraction of sp³-hybridized carbons (Fsp3) is 0.389. The number of allylic oxidation sites excluding steroid dienone is 1. The lowest BCUT2D eigenvalue weighted by Crippen LogP contribution is -2.37. The van der Waals surface area contributed by atoms with Gasteiger partial charge in [-0.25, -0.2) is 0 Å². The summed E-state index contributed by atoms with van der Waals surface area (Å²) < 4.78 is 0.880. The Morgan fingerprint density at radius 1 is 1.24 bits per heavy atom. The van der Waals surface area contributed by atoms with Gasteiger partial charge in [0.2, 0.25) is 0 Å². The fourth-order valence-electron chi connectivity index (χ4n) is 2.82. The van der Waals surface area contributed by atoms with Crippen molar-refractivity contribution in [2.24, 2.45) is 0 Å². The minimum atomic E-state index is -0.860. The summed E-state index contributed by atoms with van der Waals surface area (Å²) in [5.41, 5.74) is 1.03. The van der Waals surface area contributed by atoms with Gasteiger partial charge in [0.05, 0.1) is 0 Å². The van der Waals surface area contributed by atoms with Crippen molar-refractivity contribution in [2.75, 3.05) is 13.1 Å². The van der Waals surface area contributed by atoms with Gasteiger partial charge < -0.3 is 5.11 Å². The summed E-state index contributed by atoms with van der Waals surface area (Å²) in [4.78, 5) is 38.2. The van der Waals surface area contributed by atoms with Crippen molar-refractivity contribution < 1.29 is 19.5 Å². The van der Waals surface area contributed by atoms with Crippen LogP contribution in [-0.2, 0) is 9.59 Å². The Morgan fingerprint density at radius 3 is 2.44 bits per heavy atom. The summed E-state index contributed by atoms with van der Waals surface area (Å²) in [7, 11) is 0. The highest BCUT2D eigenvalue weighted by molar-refractivity contribution is 9.10. The molecule has 1 aliphatic heterocycles. The molecule has 0 aliphatic carbocycles. The zero-order chi connectivity index (χ0) is 18.6. The lowest BCUT2D eigenvalue weighted by molar-refractivity contribution is -0.141. The molecule has 1 heterocycles. The molecule has 0 unspecified atom stereocenters. The Morgan fingerprint density at radius 2 is 1.88 bits per heavy atom. The molecule has 1 fully saturated rings. The topological polar surface area (TPSA) is 74.7 Å². The molecule has 1 aromatic rings. The van der Waals surface area contributed by atoms with E-state index in [2.05, 4.69) is 15.9 Å². The Kier molecular flexibility index (Phi) is 6.98. The minimum absolute atomic E-state index is 0.121. The Hall–Kier alpha value is -1.44. The predicted molar refractivity (Wildman–Crippen MR) is 102 cm³/mol. The first-order valence-electron chi connectivity index (χ1n) is 7.95. The number of carboxylic acid groups (broad SMARTS) is 1. The van der Waals surface area contributed by atoms with Gasteiger partial charge in [-0.05, 0) is 50.6 Å². The molecule has 7 heteroatoms. The van der Waals surface area contributed by atoms with E-state index in [0.29, 0.717) is 35.6 Å². The number of carbonyl (C=O) groups excluding carboxylic acids is 2. The third kappa shape index (κ3) is 5.26. The lowest BCUT2D eigenvalue weighted by atomic mass is 10.0. The fourth-order valence-corrected chi connectivity index (χ4v) is 3.91. The van der Waals surface area contributed by atoms with Crippen molar-refractivity contribution in [3.8, 4) is 0 Å². The average molecular weight is 426 g/mol. The van der Waals surface area contributed by atoms with Gasteiger partial charge in [0.1, 0.15) is 6.04 Å². The van der Waals surface area contributed by atoms with Gasteiger partial charge in [-0.2, -0.15) is 0 Å². The normalized spacial score (nSPS) is 18.8. The number of nitrogens with zero attached hydrogens (tertiary/aromatic N) is 1. The van der Waals surface area contributed by atoms with E-state index in [9.17, 15) is 19.5 Å². The summed E-state index contributed by atoms with van der Waals surface area (Å²) in [5, 5.41) is 9.21. The molecule has 1 N–H and O–H groups in total. The highest BCUT2D eigenvalue weighted by Gasteiger charge is 2.31. The maximum Gasteiger partial charge on any atom is 0.320 e. The Balaban J connectivity index is 2.29. The van der Waals surface area contributed by atoms with Gasteiger partial charge in [0.15, 0.2) is 10.9 Å². The molecule has 0 bridgehead atoms. The number of rotatable bonds is 6. The second-order valence-corrected chi connectivity index (χ2v) is 8.13. The SMILES string of the molecule is CC(=O)S/C(CN1CCC[C@H]1C(=O)O)=C(\C)C(=O)c1ccc(Br)cc1. The summed E-state index contributed by atoms with van der Waals surface area (Å²) in [5.74, 6) is -1.01. The molecule has 5 nitrogen and oxygen atoms in total.